The van der Waals surface area contributed by atoms with Crippen molar-refractivity contribution in [2.45, 2.75) is 55.9 Å². The van der Waals surface area contributed by atoms with Crippen LogP contribution < -0.4 is 5.32 Å². The van der Waals surface area contributed by atoms with Crippen molar-refractivity contribution in [1.29, 1.82) is 0 Å². The van der Waals surface area contributed by atoms with Crippen molar-refractivity contribution < 1.29 is 13.2 Å². The molecular weight excluding hydrogens is 402 g/mol. The quantitative estimate of drug-likeness (QED) is 0.745. The SMILES string of the molecule is C=CC(=O)NC1CC(C)N(S(=O)(=O)c2ccc(-c3csc(C)n3)s2)C(C)C1. The molecular formula is C18H23N3O3S3. The van der Waals surface area contributed by atoms with Gasteiger partial charge in [-0.1, -0.05) is 6.58 Å². The zero-order chi connectivity index (χ0) is 19.8. The third kappa shape index (κ3) is 4.16. The molecule has 0 aliphatic carbocycles. The number of aryl methyl sites for hydroxylation is 1. The molecule has 3 rings (SSSR count). The maximum atomic E-state index is 13.3. The van der Waals surface area contributed by atoms with Crippen LogP contribution in [0.25, 0.3) is 10.6 Å². The maximum Gasteiger partial charge on any atom is 0.253 e. The van der Waals surface area contributed by atoms with Gasteiger partial charge in [0.15, 0.2) is 0 Å². The van der Waals surface area contributed by atoms with Gasteiger partial charge in [0, 0.05) is 23.5 Å². The van der Waals surface area contributed by atoms with E-state index in [4.69, 9.17) is 0 Å². The van der Waals surface area contributed by atoms with Crippen molar-refractivity contribution in [3.63, 3.8) is 0 Å². The number of amides is 1. The van der Waals surface area contributed by atoms with E-state index < -0.39 is 10.0 Å². The first kappa shape index (κ1) is 20.2. The van der Waals surface area contributed by atoms with Gasteiger partial charge in [0.2, 0.25) is 5.91 Å². The molecule has 1 fully saturated rings. The molecule has 0 radical (unpaired) electrons. The minimum Gasteiger partial charge on any atom is -0.350 e. The minimum atomic E-state index is -3.60. The monoisotopic (exact) mass is 425 g/mol. The summed E-state index contributed by atoms with van der Waals surface area (Å²) in [7, 11) is -3.60. The van der Waals surface area contributed by atoms with Gasteiger partial charge in [-0.25, -0.2) is 13.4 Å². The van der Waals surface area contributed by atoms with Gasteiger partial charge < -0.3 is 5.32 Å². The Balaban J connectivity index is 1.81. The van der Waals surface area contributed by atoms with E-state index in [1.54, 1.807) is 21.7 Å². The van der Waals surface area contributed by atoms with Crippen LogP contribution in [0.5, 0.6) is 0 Å². The highest BCUT2D eigenvalue weighted by Gasteiger charge is 2.40. The third-order valence-electron chi connectivity index (χ3n) is 4.64. The van der Waals surface area contributed by atoms with E-state index in [2.05, 4.69) is 16.9 Å². The number of thiophene rings is 1. The Kier molecular flexibility index (Phi) is 5.85. The molecule has 1 aliphatic heterocycles. The number of rotatable bonds is 5. The van der Waals surface area contributed by atoms with E-state index >= 15 is 0 Å². The van der Waals surface area contributed by atoms with Gasteiger partial charge in [-0.3, -0.25) is 4.79 Å². The molecule has 9 heteroatoms. The number of hydrogen-bond acceptors (Lipinski definition) is 6. The number of carbonyl (C=O) groups excluding carboxylic acids is 1. The van der Waals surface area contributed by atoms with E-state index in [1.165, 1.54) is 17.4 Å². The summed E-state index contributed by atoms with van der Waals surface area (Å²) in [5.74, 6) is -0.225. The summed E-state index contributed by atoms with van der Waals surface area (Å²) in [6, 6.07) is 3.01. The van der Waals surface area contributed by atoms with Gasteiger partial charge in [-0.15, -0.1) is 22.7 Å². The van der Waals surface area contributed by atoms with Gasteiger partial charge in [0.05, 0.1) is 15.6 Å². The number of piperidine rings is 1. The Hall–Kier alpha value is -1.55. The number of carbonyl (C=O) groups is 1. The van der Waals surface area contributed by atoms with Gasteiger partial charge >= 0.3 is 0 Å². The second kappa shape index (κ2) is 7.83. The van der Waals surface area contributed by atoms with E-state index in [-0.39, 0.29) is 24.0 Å². The normalized spacial score (nSPS) is 23.9. The lowest BCUT2D eigenvalue weighted by molar-refractivity contribution is -0.117. The highest BCUT2D eigenvalue weighted by atomic mass is 32.2. The molecule has 0 bridgehead atoms. The molecule has 146 valence electrons. The fourth-order valence-corrected chi connectivity index (χ4v) is 7.49. The molecule has 1 amide bonds. The standard InChI is InChI=1S/C18H23N3O3S3/c1-5-17(22)20-14-8-11(2)21(12(3)9-14)27(23,24)18-7-6-16(26-18)15-10-25-13(4)19-15/h5-7,10-12,14H,1,8-9H2,2-4H3,(H,20,22). The first-order chi connectivity index (χ1) is 12.7. The molecule has 2 atom stereocenters. The van der Waals surface area contributed by atoms with Crippen LogP contribution in [-0.2, 0) is 14.8 Å². The summed E-state index contributed by atoms with van der Waals surface area (Å²) < 4.78 is 28.4. The summed E-state index contributed by atoms with van der Waals surface area (Å²) in [6.07, 6.45) is 2.39. The summed E-state index contributed by atoms with van der Waals surface area (Å²) in [6.45, 7) is 9.17. The molecule has 2 aromatic rings. The number of nitrogens with one attached hydrogen (secondary N) is 1. The molecule has 1 N–H and O–H groups in total. The number of hydrogen-bond donors (Lipinski definition) is 1. The zero-order valence-corrected chi connectivity index (χ0v) is 18.0. The molecule has 2 unspecified atom stereocenters. The largest absolute Gasteiger partial charge is 0.350 e. The maximum absolute atomic E-state index is 13.3. The molecule has 0 aromatic carbocycles. The minimum absolute atomic E-state index is 0.0520. The second-order valence-corrected chi connectivity index (χ2v) is 11.0. The Labute approximate surface area is 168 Å². The number of thiazole rings is 1. The van der Waals surface area contributed by atoms with E-state index in [9.17, 15) is 13.2 Å². The predicted molar refractivity (Wildman–Crippen MR) is 109 cm³/mol. The van der Waals surface area contributed by atoms with Crippen molar-refractivity contribution in [2.24, 2.45) is 0 Å². The molecule has 2 aromatic heterocycles. The van der Waals surface area contributed by atoms with Crippen molar-refractivity contribution in [3.8, 4) is 10.6 Å². The first-order valence-corrected chi connectivity index (χ1v) is 11.8. The van der Waals surface area contributed by atoms with Crippen LogP contribution in [0.2, 0.25) is 0 Å². The highest BCUT2D eigenvalue weighted by molar-refractivity contribution is 7.91. The van der Waals surface area contributed by atoms with Crippen molar-refractivity contribution >= 4 is 38.6 Å². The highest BCUT2D eigenvalue weighted by Crippen LogP contribution is 2.36. The smallest absolute Gasteiger partial charge is 0.253 e. The Morgan fingerprint density at radius 1 is 1.33 bits per heavy atom. The van der Waals surface area contributed by atoms with Gasteiger partial charge in [-0.2, -0.15) is 4.31 Å². The number of sulfonamides is 1. The summed E-state index contributed by atoms with van der Waals surface area (Å²) >= 11 is 2.80. The van der Waals surface area contributed by atoms with E-state index in [1.807, 2.05) is 32.2 Å². The molecule has 27 heavy (non-hydrogen) atoms. The Morgan fingerprint density at radius 3 is 2.56 bits per heavy atom. The average molecular weight is 426 g/mol. The summed E-state index contributed by atoms with van der Waals surface area (Å²) in [5, 5.41) is 5.78. The summed E-state index contributed by atoms with van der Waals surface area (Å²) in [5.41, 5.74) is 0.816. The van der Waals surface area contributed by atoms with Crippen LogP contribution in [0.3, 0.4) is 0 Å². The third-order valence-corrected chi connectivity index (χ3v) is 9.11. The molecule has 3 heterocycles. The van der Waals surface area contributed by atoms with Crippen molar-refractivity contribution in [1.82, 2.24) is 14.6 Å². The van der Waals surface area contributed by atoms with E-state index in [0.717, 1.165) is 15.6 Å². The zero-order valence-electron chi connectivity index (χ0n) is 15.5. The second-order valence-electron chi connectivity index (χ2n) is 6.78. The van der Waals surface area contributed by atoms with Gasteiger partial charge in [0.25, 0.3) is 10.0 Å². The number of aromatic nitrogens is 1. The summed E-state index contributed by atoms with van der Waals surface area (Å²) in [4.78, 5) is 16.9. The van der Waals surface area contributed by atoms with Crippen LogP contribution in [-0.4, -0.2) is 41.7 Å². The molecule has 0 spiro atoms. The van der Waals surface area contributed by atoms with Crippen molar-refractivity contribution in [3.05, 3.63) is 35.2 Å². The lowest BCUT2D eigenvalue weighted by Crippen LogP contribution is -2.54. The molecule has 0 saturated carbocycles. The predicted octanol–water partition coefficient (Wildman–Crippen LogP) is 3.41. The van der Waals surface area contributed by atoms with Crippen LogP contribution in [0.1, 0.15) is 31.7 Å². The molecule has 1 saturated heterocycles. The van der Waals surface area contributed by atoms with Crippen molar-refractivity contribution in [2.75, 3.05) is 0 Å². The van der Waals surface area contributed by atoms with Crippen LogP contribution in [0.4, 0.5) is 0 Å². The Morgan fingerprint density at radius 2 is 2.00 bits per heavy atom. The Bertz CT molecular complexity index is 936. The van der Waals surface area contributed by atoms with E-state index in [0.29, 0.717) is 17.1 Å². The first-order valence-electron chi connectivity index (χ1n) is 8.71. The lowest BCUT2D eigenvalue weighted by Gasteiger charge is -2.41. The van der Waals surface area contributed by atoms with Crippen LogP contribution in [0.15, 0.2) is 34.4 Å². The van der Waals surface area contributed by atoms with Gasteiger partial charge in [-0.05, 0) is 51.8 Å². The average Bonchev–Trinajstić information content (AvgIpc) is 3.22. The molecule has 6 nitrogen and oxygen atoms in total. The lowest BCUT2D eigenvalue weighted by atomic mass is 9.95. The number of nitrogens with zero attached hydrogens (tertiary/aromatic N) is 2. The van der Waals surface area contributed by atoms with Gasteiger partial charge in [0.1, 0.15) is 4.21 Å². The molecule has 1 aliphatic rings. The fraction of sp³-hybridized carbons (Fsp3) is 0.444. The fourth-order valence-electron chi connectivity index (χ4n) is 3.59. The topological polar surface area (TPSA) is 79.4 Å². The van der Waals surface area contributed by atoms with Crippen LogP contribution >= 0.6 is 22.7 Å². The van der Waals surface area contributed by atoms with Crippen LogP contribution in [0, 0.1) is 6.92 Å².